The van der Waals surface area contributed by atoms with E-state index in [-0.39, 0.29) is 25.6 Å². The first-order valence-electron chi connectivity index (χ1n) is 7.64. The summed E-state index contributed by atoms with van der Waals surface area (Å²) in [5.74, 6) is -0.468. The van der Waals surface area contributed by atoms with Crippen molar-refractivity contribution in [2.75, 3.05) is 20.2 Å². The lowest BCUT2D eigenvalue weighted by Crippen LogP contribution is -2.64. The van der Waals surface area contributed by atoms with Gasteiger partial charge >= 0.3 is 16.4 Å². The molecule has 3 rings (SSSR count). The smallest absolute Gasteiger partial charge is 0.350 e. The summed E-state index contributed by atoms with van der Waals surface area (Å²) in [5.41, 5.74) is -1.53. The van der Waals surface area contributed by atoms with Crippen molar-refractivity contribution in [1.29, 1.82) is 0 Å². The standard InChI is InChI=1S/C12H20N4O7S/c1-22-12(10(17)14-9-3-2-6-13-9)5-4-8-7-15(12)11(18)16(8)23-24(19,20)21/h8-9,13H,2-7H2,1H3,(H,14,17)(H,19,20,21). The number of urea groups is 1. The SMILES string of the molecule is COC1(C(=O)NC2CCCN2)CCC2CN1C(=O)N2OS(=O)(=O)O. The predicted octanol–water partition coefficient (Wildman–Crippen LogP) is -1.21. The summed E-state index contributed by atoms with van der Waals surface area (Å²) in [4.78, 5) is 26.3. The Morgan fingerprint density at radius 2 is 2.21 bits per heavy atom. The zero-order valence-corrected chi connectivity index (χ0v) is 13.9. The van der Waals surface area contributed by atoms with Crippen LogP contribution in [0.2, 0.25) is 0 Å². The quantitative estimate of drug-likeness (QED) is 0.517. The molecule has 136 valence electrons. The number of nitrogens with zero attached hydrogens (tertiary/aromatic N) is 2. The first-order chi connectivity index (χ1) is 11.3. The molecule has 0 aromatic carbocycles. The van der Waals surface area contributed by atoms with Crippen LogP contribution in [-0.2, 0) is 24.2 Å². The molecule has 0 saturated carbocycles. The van der Waals surface area contributed by atoms with Crippen LogP contribution >= 0.6 is 0 Å². The largest absolute Gasteiger partial charge is 0.418 e. The molecule has 0 spiro atoms. The summed E-state index contributed by atoms with van der Waals surface area (Å²) < 4.78 is 40.4. The highest BCUT2D eigenvalue weighted by Crippen LogP contribution is 2.38. The summed E-state index contributed by atoms with van der Waals surface area (Å²) in [5, 5.41) is 6.52. The molecule has 0 aliphatic carbocycles. The Hall–Kier alpha value is -1.47. The van der Waals surface area contributed by atoms with Gasteiger partial charge in [-0.25, -0.2) is 4.79 Å². The van der Waals surface area contributed by atoms with Crippen LogP contribution in [0.4, 0.5) is 4.79 Å². The zero-order chi connectivity index (χ0) is 17.5. The summed E-state index contributed by atoms with van der Waals surface area (Å²) in [6, 6.07) is -1.42. The van der Waals surface area contributed by atoms with Gasteiger partial charge in [-0.3, -0.25) is 19.6 Å². The molecule has 0 aromatic heterocycles. The fourth-order valence-corrected chi connectivity index (χ4v) is 3.85. The Labute approximate surface area is 139 Å². The van der Waals surface area contributed by atoms with E-state index in [1.165, 1.54) is 7.11 Å². The number of hydrogen-bond acceptors (Lipinski definition) is 7. The maximum absolute atomic E-state index is 12.7. The van der Waals surface area contributed by atoms with E-state index in [1.807, 2.05) is 0 Å². The number of piperidine rings is 1. The third kappa shape index (κ3) is 2.95. The van der Waals surface area contributed by atoms with Crippen molar-refractivity contribution < 1.29 is 31.6 Å². The zero-order valence-electron chi connectivity index (χ0n) is 13.1. The summed E-state index contributed by atoms with van der Waals surface area (Å²) in [6.45, 7) is 0.860. The molecule has 3 heterocycles. The summed E-state index contributed by atoms with van der Waals surface area (Å²) in [6.07, 6.45) is 2.00. The molecule has 3 amide bonds. The number of ether oxygens (including phenoxy) is 1. The van der Waals surface area contributed by atoms with Crippen LogP contribution in [0.5, 0.6) is 0 Å². The number of amides is 3. The molecular formula is C12H20N4O7S. The van der Waals surface area contributed by atoms with Crippen molar-refractivity contribution in [1.82, 2.24) is 20.6 Å². The number of rotatable bonds is 5. The minimum Gasteiger partial charge on any atom is -0.350 e. The third-order valence-corrected chi connectivity index (χ3v) is 4.98. The van der Waals surface area contributed by atoms with E-state index in [4.69, 9.17) is 9.29 Å². The lowest BCUT2D eigenvalue weighted by molar-refractivity contribution is -0.169. The Balaban J connectivity index is 1.80. The van der Waals surface area contributed by atoms with Crippen LogP contribution < -0.4 is 10.6 Å². The molecule has 3 fully saturated rings. The molecule has 11 nitrogen and oxygen atoms in total. The minimum absolute atomic E-state index is 0.0632. The second kappa shape index (κ2) is 6.11. The van der Waals surface area contributed by atoms with E-state index >= 15 is 0 Å². The Morgan fingerprint density at radius 1 is 1.46 bits per heavy atom. The lowest BCUT2D eigenvalue weighted by Gasteiger charge is -2.41. The average Bonchev–Trinajstić information content (AvgIpc) is 3.10. The van der Waals surface area contributed by atoms with Crippen LogP contribution in [0.1, 0.15) is 25.7 Å². The van der Waals surface area contributed by atoms with Gasteiger partial charge in [-0.2, -0.15) is 13.5 Å². The average molecular weight is 364 g/mol. The molecule has 3 aliphatic heterocycles. The first kappa shape index (κ1) is 17.4. The van der Waals surface area contributed by atoms with E-state index in [1.54, 1.807) is 0 Å². The molecule has 3 unspecified atom stereocenters. The normalized spacial score (nSPS) is 33.2. The summed E-state index contributed by atoms with van der Waals surface area (Å²) in [7, 11) is -3.51. The lowest BCUT2D eigenvalue weighted by atomic mass is 9.96. The van der Waals surface area contributed by atoms with Crippen LogP contribution in [0.3, 0.4) is 0 Å². The number of carbonyl (C=O) groups excluding carboxylic acids is 2. The third-order valence-electron chi connectivity index (χ3n) is 4.63. The number of fused-ring (bicyclic) bond motifs is 2. The highest BCUT2D eigenvalue weighted by molar-refractivity contribution is 7.80. The summed E-state index contributed by atoms with van der Waals surface area (Å²) >= 11 is 0. The van der Waals surface area contributed by atoms with Crippen molar-refractivity contribution in [3.63, 3.8) is 0 Å². The van der Waals surface area contributed by atoms with Crippen molar-refractivity contribution in [2.45, 2.75) is 43.6 Å². The monoisotopic (exact) mass is 364 g/mol. The van der Waals surface area contributed by atoms with Gasteiger partial charge in [0, 0.05) is 20.1 Å². The fourth-order valence-electron chi connectivity index (χ4n) is 3.46. The minimum atomic E-state index is -4.83. The molecular weight excluding hydrogens is 344 g/mol. The van der Waals surface area contributed by atoms with Crippen molar-refractivity contribution in [3.05, 3.63) is 0 Å². The number of nitrogens with one attached hydrogen (secondary N) is 2. The number of hydrogen-bond donors (Lipinski definition) is 3. The van der Waals surface area contributed by atoms with Gasteiger partial charge in [-0.15, -0.1) is 4.28 Å². The van der Waals surface area contributed by atoms with Gasteiger partial charge in [-0.1, -0.05) is 0 Å². The Kier molecular flexibility index (Phi) is 4.42. The van der Waals surface area contributed by atoms with Gasteiger partial charge in [0.25, 0.3) is 5.91 Å². The number of carbonyl (C=O) groups is 2. The van der Waals surface area contributed by atoms with Gasteiger partial charge in [0.05, 0.1) is 12.2 Å². The molecule has 3 saturated heterocycles. The highest BCUT2D eigenvalue weighted by Gasteiger charge is 2.58. The second-order valence-corrected chi connectivity index (χ2v) is 7.03. The van der Waals surface area contributed by atoms with Crippen LogP contribution in [-0.4, -0.2) is 73.0 Å². The van der Waals surface area contributed by atoms with Crippen LogP contribution in [0.15, 0.2) is 0 Å². The predicted molar refractivity (Wildman–Crippen MR) is 78.5 cm³/mol. The Bertz CT molecular complexity index is 635. The molecule has 0 radical (unpaired) electrons. The maximum atomic E-state index is 12.7. The van der Waals surface area contributed by atoms with Crippen LogP contribution in [0.25, 0.3) is 0 Å². The molecule has 24 heavy (non-hydrogen) atoms. The van der Waals surface area contributed by atoms with Gasteiger partial charge in [0.1, 0.15) is 0 Å². The number of methoxy groups -OCH3 is 1. The van der Waals surface area contributed by atoms with Crippen molar-refractivity contribution >= 4 is 22.3 Å². The van der Waals surface area contributed by atoms with Gasteiger partial charge in [0.2, 0.25) is 5.72 Å². The van der Waals surface area contributed by atoms with E-state index in [9.17, 15) is 18.0 Å². The van der Waals surface area contributed by atoms with Gasteiger partial charge in [-0.05, 0) is 25.8 Å². The van der Waals surface area contributed by atoms with E-state index in [2.05, 4.69) is 14.9 Å². The first-order valence-corrected chi connectivity index (χ1v) is 9.01. The highest BCUT2D eigenvalue weighted by atomic mass is 32.3. The molecule has 3 N–H and O–H groups in total. The van der Waals surface area contributed by atoms with Crippen LogP contribution in [0, 0.1) is 0 Å². The van der Waals surface area contributed by atoms with Crippen molar-refractivity contribution in [2.24, 2.45) is 0 Å². The van der Waals surface area contributed by atoms with E-state index < -0.39 is 34.1 Å². The van der Waals surface area contributed by atoms with E-state index in [0.717, 1.165) is 24.3 Å². The second-order valence-electron chi connectivity index (χ2n) is 6.02. The number of hydroxylamine groups is 2. The molecule has 3 aliphatic rings. The molecule has 0 aromatic rings. The van der Waals surface area contributed by atoms with Gasteiger partial charge < -0.3 is 10.1 Å². The molecule has 12 heteroatoms. The van der Waals surface area contributed by atoms with E-state index in [0.29, 0.717) is 5.06 Å². The van der Waals surface area contributed by atoms with Crippen molar-refractivity contribution in [3.8, 4) is 0 Å². The topological polar surface area (TPSA) is 138 Å². The maximum Gasteiger partial charge on any atom is 0.418 e. The fraction of sp³-hybridized carbons (Fsp3) is 0.833. The molecule has 2 bridgehead atoms. The Morgan fingerprint density at radius 3 is 2.79 bits per heavy atom. The van der Waals surface area contributed by atoms with Gasteiger partial charge in [0.15, 0.2) is 0 Å². The molecule has 3 atom stereocenters.